The Hall–Kier alpha value is -0.570. The molecule has 0 unspecified atom stereocenters. The third-order valence-electron chi connectivity index (χ3n) is 2.12. The molecule has 3 heteroatoms. The highest BCUT2D eigenvalue weighted by molar-refractivity contribution is 6.30. The number of hydrogen-bond acceptors (Lipinski definition) is 2. The van der Waals surface area contributed by atoms with E-state index < -0.39 is 6.10 Å². The van der Waals surface area contributed by atoms with Crippen molar-refractivity contribution in [3.63, 3.8) is 0 Å². The van der Waals surface area contributed by atoms with Gasteiger partial charge in [0.2, 0.25) is 0 Å². The second-order valence-electron chi connectivity index (χ2n) is 3.27. The molecule has 0 aliphatic carbocycles. The molecule has 0 fully saturated rings. The first-order valence-electron chi connectivity index (χ1n) is 4.22. The van der Waals surface area contributed by atoms with Crippen molar-refractivity contribution in [3.8, 4) is 0 Å². The molecule has 0 amide bonds. The quantitative estimate of drug-likeness (QED) is 0.766. The molecule has 0 aromatic heterocycles. The molecule has 0 bridgehead atoms. The topological polar surface area (TPSA) is 46.2 Å². The van der Waals surface area contributed by atoms with Gasteiger partial charge in [-0.2, -0.15) is 0 Å². The lowest BCUT2D eigenvalue weighted by molar-refractivity contribution is 0.164. The summed E-state index contributed by atoms with van der Waals surface area (Å²) in [7, 11) is 0. The first kappa shape index (κ1) is 10.5. The molecule has 0 saturated heterocycles. The van der Waals surface area contributed by atoms with Gasteiger partial charge in [-0.1, -0.05) is 17.7 Å². The molecule has 1 aromatic carbocycles. The van der Waals surface area contributed by atoms with E-state index in [-0.39, 0.29) is 6.04 Å². The van der Waals surface area contributed by atoms with E-state index in [0.29, 0.717) is 5.02 Å². The summed E-state index contributed by atoms with van der Waals surface area (Å²) < 4.78 is 0. The van der Waals surface area contributed by atoms with E-state index >= 15 is 0 Å². The van der Waals surface area contributed by atoms with E-state index in [0.717, 1.165) is 11.1 Å². The van der Waals surface area contributed by atoms with Gasteiger partial charge in [0.05, 0.1) is 12.1 Å². The van der Waals surface area contributed by atoms with Crippen LogP contribution in [0.1, 0.15) is 24.1 Å². The Morgan fingerprint density at radius 2 is 2.08 bits per heavy atom. The van der Waals surface area contributed by atoms with Crippen molar-refractivity contribution in [2.24, 2.45) is 5.73 Å². The molecule has 2 nitrogen and oxygen atoms in total. The van der Waals surface area contributed by atoms with Gasteiger partial charge in [0.1, 0.15) is 0 Å². The number of hydrogen-bond donors (Lipinski definition) is 2. The Bertz CT molecular complexity index is 299. The molecule has 0 heterocycles. The largest absolute Gasteiger partial charge is 0.391 e. The van der Waals surface area contributed by atoms with E-state index in [1.165, 1.54) is 0 Å². The van der Waals surface area contributed by atoms with Crippen molar-refractivity contribution in [2.75, 3.05) is 0 Å². The van der Waals surface area contributed by atoms with Gasteiger partial charge < -0.3 is 10.8 Å². The van der Waals surface area contributed by atoms with Crippen LogP contribution < -0.4 is 5.73 Å². The van der Waals surface area contributed by atoms with E-state index in [4.69, 9.17) is 17.3 Å². The molecule has 0 aliphatic rings. The molecule has 2 atom stereocenters. The first-order valence-corrected chi connectivity index (χ1v) is 4.60. The standard InChI is InChI=1S/C10H14ClNO/c1-6-3-4-8(11)5-9(6)10(12)7(2)13/h3-5,7,10,13H,12H2,1-2H3/t7-,10-/m0/s1. The highest BCUT2D eigenvalue weighted by Crippen LogP contribution is 2.22. The average molecular weight is 200 g/mol. The van der Waals surface area contributed by atoms with Crippen LogP contribution in [0.2, 0.25) is 5.02 Å². The molecule has 0 saturated carbocycles. The predicted molar refractivity (Wildman–Crippen MR) is 54.8 cm³/mol. The fourth-order valence-corrected chi connectivity index (χ4v) is 1.41. The van der Waals surface area contributed by atoms with Crippen LogP contribution >= 0.6 is 11.6 Å². The average Bonchev–Trinajstić information content (AvgIpc) is 2.08. The normalized spacial score (nSPS) is 15.5. The summed E-state index contributed by atoms with van der Waals surface area (Å²) in [6, 6.07) is 5.15. The van der Waals surface area contributed by atoms with E-state index in [1.807, 2.05) is 19.1 Å². The van der Waals surface area contributed by atoms with Crippen molar-refractivity contribution < 1.29 is 5.11 Å². The number of rotatable bonds is 2. The molecule has 1 rings (SSSR count). The Morgan fingerprint density at radius 3 is 2.62 bits per heavy atom. The summed E-state index contributed by atoms with van der Waals surface area (Å²) in [5, 5.41) is 9.97. The van der Waals surface area contributed by atoms with Crippen molar-refractivity contribution in [2.45, 2.75) is 26.0 Å². The number of halogens is 1. The Labute approximate surface area is 83.3 Å². The van der Waals surface area contributed by atoms with Crippen LogP contribution in [0, 0.1) is 6.92 Å². The SMILES string of the molecule is Cc1ccc(Cl)cc1[C@@H](N)[C@H](C)O. The van der Waals surface area contributed by atoms with Crippen LogP contribution in [0.3, 0.4) is 0 Å². The monoisotopic (exact) mass is 199 g/mol. The minimum absolute atomic E-state index is 0.362. The molecular weight excluding hydrogens is 186 g/mol. The number of aliphatic hydroxyl groups excluding tert-OH is 1. The summed E-state index contributed by atoms with van der Waals surface area (Å²) >= 11 is 5.83. The molecule has 0 aliphatic heterocycles. The van der Waals surface area contributed by atoms with Gasteiger partial charge in [0.25, 0.3) is 0 Å². The smallest absolute Gasteiger partial charge is 0.0704 e. The molecule has 13 heavy (non-hydrogen) atoms. The molecular formula is C10H14ClNO. The zero-order valence-electron chi connectivity index (χ0n) is 7.79. The third-order valence-corrected chi connectivity index (χ3v) is 2.36. The Morgan fingerprint density at radius 1 is 1.46 bits per heavy atom. The second kappa shape index (κ2) is 4.09. The molecule has 3 N–H and O–H groups in total. The number of aliphatic hydroxyl groups is 1. The maximum atomic E-state index is 9.32. The summed E-state index contributed by atoms with van der Waals surface area (Å²) in [6.45, 7) is 3.62. The zero-order valence-corrected chi connectivity index (χ0v) is 8.55. The summed E-state index contributed by atoms with van der Waals surface area (Å²) in [5.74, 6) is 0. The van der Waals surface area contributed by atoms with Crippen molar-refractivity contribution >= 4 is 11.6 Å². The third kappa shape index (κ3) is 2.44. The van der Waals surface area contributed by atoms with Crippen LogP contribution in [0.5, 0.6) is 0 Å². The highest BCUT2D eigenvalue weighted by atomic mass is 35.5. The van der Waals surface area contributed by atoms with Crippen LogP contribution in [-0.4, -0.2) is 11.2 Å². The van der Waals surface area contributed by atoms with Crippen LogP contribution in [0.25, 0.3) is 0 Å². The molecule has 72 valence electrons. The summed E-state index contributed by atoms with van der Waals surface area (Å²) in [6.07, 6.45) is -0.558. The van der Waals surface area contributed by atoms with E-state index in [1.54, 1.807) is 13.0 Å². The Kier molecular flexibility index (Phi) is 3.31. The fraction of sp³-hybridized carbons (Fsp3) is 0.400. The number of benzene rings is 1. The van der Waals surface area contributed by atoms with E-state index in [9.17, 15) is 5.11 Å². The van der Waals surface area contributed by atoms with Gasteiger partial charge in [0.15, 0.2) is 0 Å². The summed E-state index contributed by atoms with van der Waals surface area (Å²) in [4.78, 5) is 0. The molecule has 0 spiro atoms. The zero-order chi connectivity index (χ0) is 10.0. The van der Waals surface area contributed by atoms with Crippen molar-refractivity contribution in [3.05, 3.63) is 34.3 Å². The van der Waals surface area contributed by atoms with Gasteiger partial charge in [-0.15, -0.1) is 0 Å². The highest BCUT2D eigenvalue weighted by Gasteiger charge is 2.14. The predicted octanol–water partition coefficient (Wildman–Crippen LogP) is 2.03. The van der Waals surface area contributed by atoms with Crippen LogP contribution in [0.15, 0.2) is 18.2 Å². The van der Waals surface area contributed by atoms with Gasteiger partial charge >= 0.3 is 0 Å². The molecule has 1 aromatic rings. The van der Waals surface area contributed by atoms with Gasteiger partial charge in [0, 0.05) is 5.02 Å². The van der Waals surface area contributed by atoms with E-state index in [2.05, 4.69) is 0 Å². The maximum Gasteiger partial charge on any atom is 0.0704 e. The van der Waals surface area contributed by atoms with Crippen molar-refractivity contribution in [1.29, 1.82) is 0 Å². The lowest BCUT2D eigenvalue weighted by Crippen LogP contribution is -2.23. The number of nitrogens with two attached hydrogens (primary N) is 1. The van der Waals surface area contributed by atoms with Crippen molar-refractivity contribution in [1.82, 2.24) is 0 Å². The lowest BCUT2D eigenvalue weighted by Gasteiger charge is -2.17. The fourth-order valence-electron chi connectivity index (χ4n) is 1.23. The first-order chi connectivity index (χ1) is 6.02. The maximum absolute atomic E-state index is 9.32. The lowest BCUT2D eigenvalue weighted by atomic mass is 9.99. The van der Waals surface area contributed by atoms with Gasteiger partial charge in [-0.25, -0.2) is 0 Å². The van der Waals surface area contributed by atoms with Gasteiger partial charge in [-0.05, 0) is 37.1 Å². The number of aryl methyl sites for hydroxylation is 1. The molecule has 0 radical (unpaired) electrons. The van der Waals surface area contributed by atoms with Crippen LogP contribution in [-0.2, 0) is 0 Å². The minimum atomic E-state index is -0.558. The minimum Gasteiger partial charge on any atom is -0.391 e. The van der Waals surface area contributed by atoms with Crippen LogP contribution in [0.4, 0.5) is 0 Å². The van der Waals surface area contributed by atoms with Gasteiger partial charge in [-0.3, -0.25) is 0 Å². The summed E-state index contributed by atoms with van der Waals surface area (Å²) in [5.41, 5.74) is 7.76. The Balaban J connectivity index is 3.05. The second-order valence-corrected chi connectivity index (χ2v) is 3.70.